The molecule has 0 aliphatic heterocycles. The molecule has 0 aliphatic carbocycles. The van der Waals surface area contributed by atoms with Crippen molar-refractivity contribution in [3.05, 3.63) is 11.8 Å². The van der Waals surface area contributed by atoms with Crippen LogP contribution in [0.1, 0.15) is 17.3 Å². The number of carbonyl (C=O) groups is 1. The van der Waals surface area contributed by atoms with Gasteiger partial charge in [0.05, 0.1) is 6.61 Å². The molecule has 0 atom stereocenters. The zero-order valence-electron chi connectivity index (χ0n) is 6.94. The lowest BCUT2D eigenvalue weighted by Gasteiger charge is -1.97. The highest BCUT2D eigenvalue weighted by Crippen LogP contribution is 2.14. The predicted octanol–water partition coefficient (Wildman–Crippen LogP) is 0.517. The first-order valence-corrected chi connectivity index (χ1v) is 3.55. The predicted molar refractivity (Wildman–Crippen MR) is 41.3 cm³/mol. The molecule has 0 aliphatic rings. The van der Waals surface area contributed by atoms with E-state index >= 15 is 0 Å². The van der Waals surface area contributed by atoms with Crippen LogP contribution in [-0.4, -0.2) is 27.5 Å². The Bertz CT molecular complexity index is 293. The van der Waals surface area contributed by atoms with Crippen LogP contribution >= 0.6 is 0 Å². The van der Waals surface area contributed by atoms with Crippen LogP contribution in [0, 0.1) is 0 Å². The fourth-order valence-corrected chi connectivity index (χ4v) is 0.858. The van der Waals surface area contributed by atoms with E-state index in [1.165, 1.54) is 10.9 Å². The number of nitrogens with zero attached hydrogens (tertiary/aromatic N) is 2. The van der Waals surface area contributed by atoms with Crippen LogP contribution in [0.4, 0.5) is 0 Å². The number of aromatic carboxylic acids is 1. The third-order valence-electron chi connectivity index (χ3n) is 1.31. The van der Waals surface area contributed by atoms with Crippen LogP contribution in [0.3, 0.4) is 0 Å². The number of carboxylic acids is 1. The van der Waals surface area contributed by atoms with Crippen LogP contribution in [0.2, 0.25) is 0 Å². The second-order valence-electron chi connectivity index (χ2n) is 2.26. The number of hydrogen-bond donors (Lipinski definition) is 1. The summed E-state index contributed by atoms with van der Waals surface area (Å²) >= 11 is 0. The molecule has 0 saturated carbocycles. The maximum absolute atomic E-state index is 10.6. The lowest BCUT2D eigenvalue weighted by atomic mass is 10.3. The van der Waals surface area contributed by atoms with Crippen molar-refractivity contribution in [2.45, 2.75) is 6.92 Å². The molecule has 12 heavy (non-hydrogen) atoms. The number of rotatable bonds is 3. The molecular weight excluding hydrogens is 160 g/mol. The Labute approximate surface area is 69.6 Å². The first-order chi connectivity index (χ1) is 5.65. The minimum absolute atomic E-state index is 0.0966. The van der Waals surface area contributed by atoms with Gasteiger partial charge < -0.3 is 9.84 Å². The van der Waals surface area contributed by atoms with Crippen molar-refractivity contribution < 1.29 is 14.6 Å². The highest BCUT2D eigenvalue weighted by molar-refractivity contribution is 5.89. The molecule has 0 radical (unpaired) electrons. The molecule has 5 nitrogen and oxygen atoms in total. The topological polar surface area (TPSA) is 64.4 Å². The first kappa shape index (κ1) is 8.58. The molecule has 1 rings (SSSR count). The monoisotopic (exact) mass is 170 g/mol. The first-order valence-electron chi connectivity index (χ1n) is 3.55. The largest absolute Gasteiger partial charge is 0.477 e. The molecule has 1 N–H and O–H groups in total. The molecule has 0 saturated heterocycles. The molecule has 0 fully saturated rings. The van der Waals surface area contributed by atoms with Crippen LogP contribution in [-0.2, 0) is 7.05 Å². The number of carboxylic acid groups (broad SMARTS) is 1. The smallest absolute Gasteiger partial charge is 0.342 e. The fraction of sp³-hybridized carbons (Fsp3) is 0.429. The molecule has 0 spiro atoms. The Morgan fingerprint density at radius 2 is 2.50 bits per heavy atom. The molecular formula is C7H10N2O3. The van der Waals surface area contributed by atoms with Gasteiger partial charge in [-0.15, -0.1) is 5.10 Å². The van der Waals surface area contributed by atoms with Gasteiger partial charge in [-0.3, -0.25) is 4.68 Å². The van der Waals surface area contributed by atoms with E-state index in [9.17, 15) is 4.79 Å². The van der Waals surface area contributed by atoms with Crippen molar-refractivity contribution in [2.75, 3.05) is 6.61 Å². The van der Waals surface area contributed by atoms with E-state index < -0.39 is 5.97 Å². The molecule has 66 valence electrons. The molecule has 1 aromatic rings. The summed E-state index contributed by atoms with van der Waals surface area (Å²) in [5.41, 5.74) is 0.0966. The van der Waals surface area contributed by atoms with Gasteiger partial charge in [0.1, 0.15) is 5.56 Å². The van der Waals surface area contributed by atoms with E-state index in [0.717, 1.165) is 0 Å². The zero-order chi connectivity index (χ0) is 9.14. The van der Waals surface area contributed by atoms with Gasteiger partial charge in [0.2, 0.25) is 5.88 Å². The van der Waals surface area contributed by atoms with E-state index in [1.54, 1.807) is 14.0 Å². The SMILES string of the molecule is CCOc1nn(C)cc1C(=O)O. The van der Waals surface area contributed by atoms with Crippen LogP contribution in [0.5, 0.6) is 5.88 Å². The highest BCUT2D eigenvalue weighted by Gasteiger charge is 2.14. The minimum Gasteiger partial charge on any atom is -0.477 e. The van der Waals surface area contributed by atoms with Crippen molar-refractivity contribution in [3.63, 3.8) is 0 Å². The average molecular weight is 170 g/mol. The van der Waals surface area contributed by atoms with E-state index in [2.05, 4.69) is 5.10 Å². The van der Waals surface area contributed by atoms with Gasteiger partial charge in [0.15, 0.2) is 0 Å². The second kappa shape index (κ2) is 3.25. The van der Waals surface area contributed by atoms with Crippen LogP contribution in [0.25, 0.3) is 0 Å². The molecule has 0 amide bonds. The molecule has 0 unspecified atom stereocenters. The summed E-state index contributed by atoms with van der Waals surface area (Å²) in [4.78, 5) is 10.6. The normalized spacial score (nSPS) is 9.83. The minimum atomic E-state index is -1.02. The van der Waals surface area contributed by atoms with Gasteiger partial charge in [-0.25, -0.2) is 4.79 Å². The third-order valence-corrected chi connectivity index (χ3v) is 1.31. The van der Waals surface area contributed by atoms with Crippen molar-refractivity contribution in [2.24, 2.45) is 7.05 Å². The van der Waals surface area contributed by atoms with Crippen LogP contribution < -0.4 is 4.74 Å². The summed E-state index contributed by atoms with van der Waals surface area (Å²) in [6.45, 7) is 2.19. The Hall–Kier alpha value is -1.52. The number of aryl methyl sites for hydroxylation is 1. The summed E-state index contributed by atoms with van der Waals surface area (Å²) in [6, 6.07) is 0. The van der Waals surface area contributed by atoms with Gasteiger partial charge in [-0.2, -0.15) is 0 Å². The van der Waals surface area contributed by atoms with Gasteiger partial charge in [0, 0.05) is 13.2 Å². The van der Waals surface area contributed by atoms with Crippen molar-refractivity contribution in [1.29, 1.82) is 0 Å². The number of ether oxygens (including phenoxy) is 1. The second-order valence-corrected chi connectivity index (χ2v) is 2.26. The highest BCUT2D eigenvalue weighted by atomic mass is 16.5. The van der Waals surface area contributed by atoms with Gasteiger partial charge in [-0.1, -0.05) is 0 Å². The Morgan fingerprint density at radius 1 is 1.83 bits per heavy atom. The van der Waals surface area contributed by atoms with E-state index in [-0.39, 0.29) is 11.4 Å². The fourth-order valence-electron chi connectivity index (χ4n) is 0.858. The molecule has 0 aromatic carbocycles. The standard InChI is InChI=1S/C7H10N2O3/c1-3-12-6-5(7(10)11)4-9(2)8-6/h4H,3H2,1-2H3,(H,10,11). The molecule has 1 heterocycles. The maximum atomic E-state index is 10.6. The van der Waals surface area contributed by atoms with E-state index in [1.807, 2.05) is 0 Å². The van der Waals surface area contributed by atoms with Crippen molar-refractivity contribution in [1.82, 2.24) is 9.78 Å². The van der Waals surface area contributed by atoms with Crippen molar-refractivity contribution >= 4 is 5.97 Å². The van der Waals surface area contributed by atoms with E-state index in [4.69, 9.17) is 9.84 Å². The van der Waals surface area contributed by atoms with Crippen molar-refractivity contribution in [3.8, 4) is 5.88 Å². The van der Waals surface area contributed by atoms with Gasteiger partial charge in [0.25, 0.3) is 0 Å². The van der Waals surface area contributed by atoms with Crippen LogP contribution in [0.15, 0.2) is 6.20 Å². The van der Waals surface area contributed by atoms with E-state index in [0.29, 0.717) is 6.61 Å². The lowest BCUT2D eigenvalue weighted by molar-refractivity contribution is 0.0692. The number of aromatic nitrogens is 2. The third kappa shape index (κ3) is 1.55. The summed E-state index contributed by atoms with van der Waals surface area (Å²) in [5.74, 6) is -0.848. The summed E-state index contributed by atoms with van der Waals surface area (Å²) in [7, 11) is 1.65. The zero-order valence-corrected chi connectivity index (χ0v) is 6.94. The Kier molecular flexibility index (Phi) is 2.32. The van der Waals surface area contributed by atoms with Gasteiger partial charge >= 0.3 is 5.97 Å². The molecule has 1 aromatic heterocycles. The maximum Gasteiger partial charge on any atom is 0.342 e. The quantitative estimate of drug-likeness (QED) is 0.718. The molecule has 5 heteroatoms. The Balaban J connectivity index is 2.99. The molecule has 0 bridgehead atoms. The summed E-state index contributed by atoms with van der Waals surface area (Å²) in [6.07, 6.45) is 1.41. The average Bonchev–Trinajstić information content (AvgIpc) is 2.32. The summed E-state index contributed by atoms with van der Waals surface area (Å²) in [5, 5.41) is 12.5. The lowest BCUT2D eigenvalue weighted by Crippen LogP contribution is -2.00. The van der Waals surface area contributed by atoms with Gasteiger partial charge in [-0.05, 0) is 6.92 Å². The Morgan fingerprint density at radius 3 is 3.00 bits per heavy atom. The number of hydrogen-bond acceptors (Lipinski definition) is 3. The summed E-state index contributed by atoms with van der Waals surface area (Å²) < 4.78 is 6.42.